The fourth-order valence-corrected chi connectivity index (χ4v) is 3.43. The van der Waals surface area contributed by atoms with Gasteiger partial charge >= 0.3 is 5.97 Å². The zero-order chi connectivity index (χ0) is 16.0. The summed E-state index contributed by atoms with van der Waals surface area (Å²) in [6.07, 6.45) is 5.41. The fourth-order valence-electron chi connectivity index (χ4n) is 3.43. The van der Waals surface area contributed by atoms with Crippen molar-refractivity contribution in [2.75, 3.05) is 13.1 Å². The van der Waals surface area contributed by atoms with Gasteiger partial charge < -0.3 is 15.0 Å². The molecule has 0 bridgehead atoms. The lowest BCUT2D eigenvalue weighted by atomic mass is 9.98. The van der Waals surface area contributed by atoms with Crippen LogP contribution in [0, 0.1) is 11.8 Å². The van der Waals surface area contributed by atoms with Crippen LogP contribution in [0.1, 0.15) is 18.4 Å². The number of fused-ring (bicyclic) bond motifs is 1. The number of carbonyl (C=O) groups is 2. The minimum absolute atomic E-state index is 0.00775. The second-order valence-corrected chi connectivity index (χ2v) is 6.30. The van der Waals surface area contributed by atoms with E-state index >= 15 is 0 Å². The molecule has 0 saturated heterocycles. The summed E-state index contributed by atoms with van der Waals surface area (Å²) in [5, 5.41) is 10.2. The lowest BCUT2D eigenvalue weighted by molar-refractivity contribution is -0.141. The molecule has 1 aromatic carbocycles. The highest BCUT2D eigenvalue weighted by Gasteiger charge is 2.49. The number of aromatic amines is 1. The third-order valence-electron chi connectivity index (χ3n) is 4.88. The number of aliphatic carboxylic acids is 1. The first-order chi connectivity index (χ1) is 11.1. The molecular formula is C18H18N2O3. The van der Waals surface area contributed by atoms with E-state index in [1.54, 1.807) is 4.90 Å². The first-order valence-electron chi connectivity index (χ1n) is 7.92. The van der Waals surface area contributed by atoms with Crippen molar-refractivity contribution in [3.8, 4) is 0 Å². The number of hydrogen-bond acceptors (Lipinski definition) is 2. The molecule has 2 N–H and O–H groups in total. The highest BCUT2D eigenvalue weighted by atomic mass is 16.4. The first-order valence-corrected chi connectivity index (χ1v) is 7.92. The molecule has 1 aliphatic heterocycles. The van der Waals surface area contributed by atoms with E-state index in [1.165, 1.54) is 16.5 Å². The zero-order valence-corrected chi connectivity index (χ0v) is 12.7. The standard InChI is InChI=1S/C18H18N2O3/c21-17(13-9-14(13)18(22)23)20-7-5-11(6-8-20)15-10-19-16-4-2-1-3-12(15)16/h1-5,10,13-14,19H,6-9H2,(H,22,23). The summed E-state index contributed by atoms with van der Waals surface area (Å²) in [5.74, 6) is -1.64. The van der Waals surface area contributed by atoms with Gasteiger partial charge in [-0.3, -0.25) is 9.59 Å². The lowest BCUT2D eigenvalue weighted by Gasteiger charge is -2.26. The molecule has 2 heterocycles. The van der Waals surface area contributed by atoms with Gasteiger partial charge in [-0.2, -0.15) is 0 Å². The van der Waals surface area contributed by atoms with Gasteiger partial charge in [0.15, 0.2) is 0 Å². The van der Waals surface area contributed by atoms with Crippen LogP contribution < -0.4 is 0 Å². The number of H-pyrrole nitrogens is 1. The van der Waals surface area contributed by atoms with Crippen LogP contribution in [0.5, 0.6) is 0 Å². The predicted molar refractivity (Wildman–Crippen MR) is 86.7 cm³/mol. The summed E-state index contributed by atoms with van der Waals surface area (Å²) >= 11 is 0. The van der Waals surface area contributed by atoms with Gasteiger partial charge in [0.05, 0.1) is 11.8 Å². The molecule has 0 spiro atoms. The van der Waals surface area contributed by atoms with E-state index in [2.05, 4.69) is 23.2 Å². The Morgan fingerprint density at radius 1 is 1.22 bits per heavy atom. The smallest absolute Gasteiger partial charge is 0.307 e. The molecule has 118 valence electrons. The predicted octanol–water partition coefficient (Wildman–Crippen LogP) is 2.50. The summed E-state index contributed by atoms with van der Waals surface area (Å²) in [4.78, 5) is 28.3. The molecule has 1 aliphatic carbocycles. The van der Waals surface area contributed by atoms with E-state index in [0.717, 1.165) is 11.9 Å². The van der Waals surface area contributed by atoms with Crippen LogP contribution >= 0.6 is 0 Å². The summed E-state index contributed by atoms with van der Waals surface area (Å²) < 4.78 is 0. The summed E-state index contributed by atoms with van der Waals surface area (Å²) in [5.41, 5.74) is 3.56. The molecule has 0 radical (unpaired) electrons. The van der Waals surface area contributed by atoms with Crippen molar-refractivity contribution in [3.63, 3.8) is 0 Å². The van der Waals surface area contributed by atoms with Crippen molar-refractivity contribution < 1.29 is 14.7 Å². The van der Waals surface area contributed by atoms with Gasteiger partial charge in [-0.05, 0) is 24.5 Å². The molecule has 23 heavy (non-hydrogen) atoms. The number of hydrogen-bond donors (Lipinski definition) is 2. The molecule has 2 aliphatic rings. The number of aromatic nitrogens is 1. The Hall–Kier alpha value is -2.56. The summed E-state index contributed by atoms with van der Waals surface area (Å²) in [7, 11) is 0. The van der Waals surface area contributed by atoms with E-state index in [-0.39, 0.29) is 11.8 Å². The Bertz CT molecular complexity index is 821. The van der Waals surface area contributed by atoms with Gasteiger partial charge in [0.25, 0.3) is 0 Å². The Morgan fingerprint density at radius 3 is 2.74 bits per heavy atom. The van der Waals surface area contributed by atoms with Gasteiger partial charge in [0, 0.05) is 35.8 Å². The summed E-state index contributed by atoms with van der Waals surface area (Å²) in [6.45, 7) is 1.23. The van der Waals surface area contributed by atoms with Crippen molar-refractivity contribution in [1.29, 1.82) is 0 Å². The van der Waals surface area contributed by atoms with Crippen molar-refractivity contribution in [2.24, 2.45) is 11.8 Å². The Balaban J connectivity index is 1.49. The fraction of sp³-hybridized carbons (Fsp3) is 0.333. The van der Waals surface area contributed by atoms with Gasteiger partial charge in [0.2, 0.25) is 5.91 Å². The van der Waals surface area contributed by atoms with Crippen LogP contribution in [0.2, 0.25) is 0 Å². The molecule has 5 nitrogen and oxygen atoms in total. The molecule has 1 amide bonds. The van der Waals surface area contributed by atoms with Crippen molar-refractivity contribution in [2.45, 2.75) is 12.8 Å². The summed E-state index contributed by atoms with van der Waals surface area (Å²) in [6, 6.07) is 8.18. The lowest BCUT2D eigenvalue weighted by Crippen LogP contribution is -2.36. The normalized spacial score (nSPS) is 23.7. The van der Waals surface area contributed by atoms with Crippen LogP contribution in [0.4, 0.5) is 0 Å². The SMILES string of the molecule is O=C(O)C1CC1C(=O)N1CC=C(c2c[nH]c3ccccc23)CC1. The van der Waals surface area contributed by atoms with Gasteiger partial charge in [-0.25, -0.2) is 0 Å². The van der Waals surface area contributed by atoms with Crippen molar-refractivity contribution in [1.82, 2.24) is 9.88 Å². The van der Waals surface area contributed by atoms with Crippen molar-refractivity contribution >= 4 is 28.4 Å². The Kier molecular flexibility index (Phi) is 3.22. The van der Waals surface area contributed by atoms with E-state index in [4.69, 9.17) is 5.11 Å². The second-order valence-electron chi connectivity index (χ2n) is 6.30. The molecule has 1 saturated carbocycles. The molecule has 2 atom stereocenters. The Labute approximate surface area is 133 Å². The maximum Gasteiger partial charge on any atom is 0.307 e. The number of nitrogens with one attached hydrogen (secondary N) is 1. The number of carboxylic acids is 1. The molecule has 2 aromatic rings. The van der Waals surface area contributed by atoms with Crippen LogP contribution in [-0.2, 0) is 9.59 Å². The number of benzene rings is 1. The molecule has 5 heteroatoms. The number of carbonyl (C=O) groups excluding carboxylic acids is 1. The molecule has 1 aromatic heterocycles. The zero-order valence-electron chi connectivity index (χ0n) is 12.7. The quantitative estimate of drug-likeness (QED) is 0.915. The molecule has 4 rings (SSSR count). The molecule has 1 fully saturated rings. The average Bonchev–Trinajstić information content (AvgIpc) is 3.27. The third-order valence-corrected chi connectivity index (χ3v) is 4.88. The monoisotopic (exact) mass is 310 g/mol. The van der Waals surface area contributed by atoms with Crippen LogP contribution in [0.3, 0.4) is 0 Å². The average molecular weight is 310 g/mol. The van der Waals surface area contributed by atoms with E-state index in [0.29, 0.717) is 19.5 Å². The van der Waals surface area contributed by atoms with Gasteiger partial charge in [-0.1, -0.05) is 24.3 Å². The number of amides is 1. The second kappa shape index (κ2) is 5.26. The van der Waals surface area contributed by atoms with E-state index in [1.807, 2.05) is 18.3 Å². The number of carboxylic acid groups (broad SMARTS) is 1. The number of para-hydroxylation sites is 1. The largest absolute Gasteiger partial charge is 0.481 e. The van der Waals surface area contributed by atoms with E-state index < -0.39 is 11.9 Å². The van der Waals surface area contributed by atoms with Crippen LogP contribution in [0.15, 0.2) is 36.5 Å². The third kappa shape index (κ3) is 2.42. The van der Waals surface area contributed by atoms with Gasteiger partial charge in [-0.15, -0.1) is 0 Å². The highest BCUT2D eigenvalue weighted by molar-refractivity contribution is 5.94. The van der Waals surface area contributed by atoms with E-state index in [9.17, 15) is 9.59 Å². The molecular weight excluding hydrogens is 292 g/mol. The minimum atomic E-state index is -0.851. The Morgan fingerprint density at radius 2 is 2.04 bits per heavy atom. The maximum atomic E-state index is 12.3. The maximum absolute atomic E-state index is 12.3. The first kappa shape index (κ1) is 14.1. The topological polar surface area (TPSA) is 73.4 Å². The van der Waals surface area contributed by atoms with Crippen LogP contribution in [-0.4, -0.2) is 40.0 Å². The molecule has 2 unspecified atom stereocenters. The minimum Gasteiger partial charge on any atom is -0.481 e. The number of rotatable bonds is 3. The van der Waals surface area contributed by atoms with Crippen molar-refractivity contribution in [3.05, 3.63) is 42.1 Å². The highest BCUT2D eigenvalue weighted by Crippen LogP contribution is 2.40. The number of nitrogens with zero attached hydrogens (tertiary/aromatic N) is 1. The van der Waals surface area contributed by atoms with Crippen LogP contribution in [0.25, 0.3) is 16.5 Å². The van der Waals surface area contributed by atoms with Gasteiger partial charge in [0.1, 0.15) is 0 Å².